The molecule has 10 heteroatoms. The van der Waals surface area contributed by atoms with Gasteiger partial charge in [0, 0.05) is 36.4 Å². The van der Waals surface area contributed by atoms with Gasteiger partial charge >= 0.3 is 0 Å². The third kappa shape index (κ3) is 4.23. The van der Waals surface area contributed by atoms with Gasteiger partial charge in [0.2, 0.25) is 5.91 Å². The van der Waals surface area contributed by atoms with Crippen LogP contribution in [0.2, 0.25) is 0 Å². The van der Waals surface area contributed by atoms with Gasteiger partial charge in [-0.15, -0.1) is 11.3 Å². The van der Waals surface area contributed by atoms with E-state index in [1.165, 1.54) is 24.5 Å². The summed E-state index contributed by atoms with van der Waals surface area (Å²) in [7, 11) is 1.44. The lowest BCUT2D eigenvalue weighted by Gasteiger charge is -2.11. The van der Waals surface area contributed by atoms with Crippen LogP contribution in [0.1, 0.15) is 27.3 Å². The normalized spacial score (nSPS) is 10.6. The van der Waals surface area contributed by atoms with Crippen LogP contribution >= 0.6 is 11.3 Å². The molecule has 2 aromatic heterocycles. The molecule has 0 saturated carbocycles. The molecule has 4 N–H and O–H groups in total. The molecule has 0 atom stereocenters. The van der Waals surface area contributed by atoms with Gasteiger partial charge in [-0.3, -0.25) is 18.8 Å². The van der Waals surface area contributed by atoms with Crippen LogP contribution in [0.25, 0.3) is 4.96 Å². The number of ether oxygens (including phenoxy) is 1. The highest BCUT2D eigenvalue weighted by Gasteiger charge is 2.16. The van der Waals surface area contributed by atoms with Crippen LogP contribution in [0.5, 0.6) is 5.75 Å². The summed E-state index contributed by atoms with van der Waals surface area (Å²) in [6.45, 7) is 0.110. The number of hydrogen-bond acceptors (Lipinski definition) is 6. The molecule has 0 aliphatic rings. The highest BCUT2D eigenvalue weighted by atomic mass is 32.1. The number of imidazole rings is 1. The van der Waals surface area contributed by atoms with Gasteiger partial charge in [-0.2, -0.15) is 0 Å². The summed E-state index contributed by atoms with van der Waals surface area (Å²) in [5, 5.41) is 7.17. The third-order valence-corrected chi connectivity index (χ3v) is 4.46. The van der Waals surface area contributed by atoms with Crippen molar-refractivity contribution in [3.63, 3.8) is 0 Å². The SMILES string of the molecule is COc1ccc(NC(=O)c2cn3ccsc3n2)cc1C(=O)NCCC(N)=O. The van der Waals surface area contributed by atoms with Crippen molar-refractivity contribution in [1.29, 1.82) is 0 Å². The highest BCUT2D eigenvalue weighted by Crippen LogP contribution is 2.23. The number of nitrogens with two attached hydrogens (primary N) is 1. The van der Waals surface area contributed by atoms with E-state index in [-0.39, 0.29) is 24.2 Å². The van der Waals surface area contributed by atoms with Crippen LogP contribution in [0, 0.1) is 0 Å². The number of carbonyl (C=O) groups is 3. The van der Waals surface area contributed by atoms with Crippen molar-refractivity contribution in [2.24, 2.45) is 5.73 Å². The minimum absolute atomic E-state index is 0.0297. The fourth-order valence-electron chi connectivity index (χ4n) is 2.39. The number of benzene rings is 1. The largest absolute Gasteiger partial charge is 0.496 e. The van der Waals surface area contributed by atoms with E-state index >= 15 is 0 Å². The minimum Gasteiger partial charge on any atom is -0.496 e. The molecule has 0 aliphatic heterocycles. The molecule has 0 fully saturated rings. The Bertz CT molecular complexity index is 981. The Morgan fingerprint density at radius 1 is 1.30 bits per heavy atom. The van der Waals surface area contributed by atoms with E-state index in [9.17, 15) is 14.4 Å². The molecule has 0 radical (unpaired) electrons. The first-order valence-electron chi connectivity index (χ1n) is 7.96. The molecular weight excluding hydrogens is 370 g/mol. The van der Waals surface area contributed by atoms with E-state index < -0.39 is 17.7 Å². The molecule has 3 rings (SSSR count). The predicted molar refractivity (Wildman–Crippen MR) is 100 cm³/mol. The number of aromatic nitrogens is 2. The molecule has 3 amide bonds. The second-order valence-corrected chi connectivity index (χ2v) is 6.43. The molecule has 27 heavy (non-hydrogen) atoms. The monoisotopic (exact) mass is 387 g/mol. The van der Waals surface area contributed by atoms with E-state index in [0.717, 1.165) is 0 Å². The fraction of sp³-hybridized carbons (Fsp3) is 0.176. The van der Waals surface area contributed by atoms with Crippen molar-refractivity contribution in [2.75, 3.05) is 19.0 Å². The summed E-state index contributed by atoms with van der Waals surface area (Å²) in [5.74, 6) is -1.00. The van der Waals surface area contributed by atoms with Gasteiger partial charge in [-0.25, -0.2) is 4.98 Å². The molecule has 0 bridgehead atoms. The Kier molecular flexibility index (Phi) is 5.36. The van der Waals surface area contributed by atoms with E-state index in [2.05, 4.69) is 15.6 Å². The molecule has 0 unspecified atom stereocenters. The zero-order valence-corrected chi connectivity index (χ0v) is 15.2. The van der Waals surface area contributed by atoms with Crippen LogP contribution in [0.3, 0.4) is 0 Å². The van der Waals surface area contributed by atoms with Gasteiger partial charge in [0.1, 0.15) is 11.4 Å². The minimum atomic E-state index is -0.511. The van der Waals surface area contributed by atoms with Gasteiger partial charge in [0.05, 0.1) is 12.7 Å². The number of methoxy groups -OCH3 is 1. The first-order chi connectivity index (χ1) is 13.0. The maximum atomic E-state index is 12.4. The van der Waals surface area contributed by atoms with Gasteiger partial charge in [0.25, 0.3) is 11.8 Å². The topological polar surface area (TPSA) is 128 Å². The van der Waals surface area contributed by atoms with Crippen molar-refractivity contribution >= 4 is 39.7 Å². The number of nitrogens with one attached hydrogen (secondary N) is 2. The van der Waals surface area contributed by atoms with Gasteiger partial charge < -0.3 is 21.1 Å². The highest BCUT2D eigenvalue weighted by molar-refractivity contribution is 7.15. The Hall–Kier alpha value is -3.40. The Morgan fingerprint density at radius 2 is 2.11 bits per heavy atom. The number of carbonyl (C=O) groups excluding carboxylic acids is 3. The van der Waals surface area contributed by atoms with Gasteiger partial charge in [-0.1, -0.05) is 0 Å². The van der Waals surface area contributed by atoms with Crippen molar-refractivity contribution in [3.05, 3.63) is 47.2 Å². The molecule has 0 saturated heterocycles. The Morgan fingerprint density at radius 3 is 2.81 bits per heavy atom. The second kappa shape index (κ2) is 7.87. The average molecular weight is 387 g/mol. The predicted octanol–water partition coefficient (Wildman–Crippen LogP) is 1.26. The average Bonchev–Trinajstić information content (AvgIpc) is 3.23. The second-order valence-electron chi connectivity index (χ2n) is 5.56. The number of nitrogens with zero attached hydrogens (tertiary/aromatic N) is 2. The quantitative estimate of drug-likeness (QED) is 0.562. The lowest BCUT2D eigenvalue weighted by molar-refractivity contribution is -0.117. The first kappa shape index (κ1) is 18.4. The molecule has 2 heterocycles. The van der Waals surface area contributed by atoms with Crippen LogP contribution in [0.15, 0.2) is 36.0 Å². The van der Waals surface area contributed by atoms with Crippen LogP contribution in [0.4, 0.5) is 5.69 Å². The maximum absolute atomic E-state index is 12.4. The number of amides is 3. The van der Waals surface area contributed by atoms with Crippen molar-refractivity contribution < 1.29 is 19.1 Å². The Labute approximate surface area is 158 Å². The number of anilines is 1. The number of thiazole rings is 1. The van der Waals surface area contributed by atoms with Gasteiger partial charge in [-0.05, 0) is 18.2 Å². The van der Waals surface area contributed by atoms with E-state index in [1.54, 1.807) is 22.7 Å². The third-order valence-electron chi connectivity index (χ3n) is 3.68. The van der Waals surface area contributed by atoms with Crippen LogP contribution < -0.4 is 21.1 Å². The van der Waals surface area contributed by atoms with Crippen molar-refractivity contribution in [2.45, 2.75) is 6.42 Å². The standard InChI is InChI=1S/C17H17N5O4S/c1-26-13-3-2-10(8-11(13)15(24)19-5-4-14(18)23)20-16(25)12-9-22-6-7-27-17(22)21-12/h2-3,6-9H,4-5H2,1H3,(H2,18,23)(H,19,24)(H,20,25). The maximum Gasteiger partial charge on any atom is 0.275 e. The Balaban J connectivity index is 1.75. The summed E-state index contributed by atoms with van der Waals surface area (Å²) in [4.78, 5) is 40.5. The zero-order chi connectivity index (χ0) is 19.4. The molecule has 140 valence electrons. The van der Waals surface area contributed by atoms with Crippen molar-refractivity contribution in [1.82, 2.24) is 14.7 Å². The van der Waals surface area contributed by atoms with Crippen molar-refractivity contribution in [3.8, 4) is 5.75 Å². The lowest BCUT2D eigenvalue weighted by atomic mass is 10.1. The molecule has 0 aliphatic carbocycles. The number of primary amides is 1. The molecule has 0 spiro atoms. The zero-order valence-electron chi connectivity index (χ0n) is 14.4. The van der Waals surface area contributed by atoms with E-state index in [0.29, 0.717) is 16.4 Å². The summed E-state index contributed by atoms with van der Waals surface area (Å²) >= 11 is 1.42. The van der Waals surface area contributed by atoms with Crippen LogP contribution in [-0.2, 0) is 4.79 Å². The fourth-order valence-corrected chi connectivity index (χ4v) is 3.09. The van der Waals surface area contributed by atoms with E-state index in [1.807, 2.05) is 11.6 Å². The molecule has 3 aromatic rings. The lowest BCUT2D eigenvalue weighted by Crippen LogP contribution is -2.28. The van der Waals surface area contributed by atoms with Crippen LogP contribution in [-0.4, -0.2) is 40.8 Å². The number of fused-ring (bicyclic) bond motifs is 1. The molecule has 9 nitrogen and oxygen atoms in total. The summed E-state index contributed by atoms with van der Waals surface area (Å²) in [6, 6.07) is 4.69. The molecule has 1 aromatic carbocycles. The summed E-state index contributed by atoms with van der Waals surface area (Å²) in [6.07, 6.45) is 3.47. The van der Waals surface area contributed by atoms with Gasteiger partial charge in [0.15, 0.2) is 4.96 Å². The van der Waals surface area contributed by atoms with E-state index in [4.69, 9.17) is 10.5 Å². The summed E-state index contributed by atoms with van der Waals surface area (Å²) in [5.41, 5.74) is 5.97. The smallest absolute Gasteiger partial charge is 0.275 e. The number of hydrogen-bond donors (Lipinski definition) is 3. The summed E-state index contributed by atoms with van der Waals surface area (Å²) < 4.78 is 6.94. The number of rotatable bonds is 7. The molecular formula is C17H17N5O4S. The first-order valence-corrected chi connectivity index (χ1v) is 8.84.